The van der Waals surface area contributed by atoms with Gasteiger partial charge in [-0.15, -0.1) is 0 Å². The molecule has 1 fully saturated rings. The number of rotatable bonds is 9. The second-order valence-corrected chi connectivity index (χ2v) is 6.79. The molecule has 1 aromatic rings. The molecule has 0 atom stereocenters. The molecule has 0 bridgehead atoms. The molecule has 1 aliphatic rings. The molecule has 5 nitrogen and oxygen atoms in total. The Hall–Kier alpha value is -1.30. The number of halogens is 1. The molecular formula is C18H28ClN3O2. The predicted molar refractivity (Wildman–Crippen MR) is 97.7 cm³/mol. The SMILES string of the molecule is CN(Cl)CCNC(=O)c1ccc(OCCCN2CCCCC2)cc1. The van der Waals surface area contributed by atoms with Crippen molar-refractivity contribution in [3.63, 3.8) is 0 Å². The van der Waals surface area contributed by atoms with Crippen LogP contribution in [0.3, 0.4) is 0 Å². The van der Waals surface area contributed by atoms with Crippen LogP contribution in [0.5, 0.6) is 5.75 Å². The maximum absolute atomic E-state index is 12.0. The van der Waals surface area contributed by atoms with Crippen molar-refractivity contribution in [2.45, 2.75) is 25.7 Å². The van der Waals surface area contributed by atoms with Crippen molar-refractivity contribution in [2.75, 3.05) is 46.4 Å². The summed E-state index contributed by atoms with van der Waals surface area (Å²) in [5.41, 5.74) is 0.632. The smallest absolute Gasteiger partial charge is 0.251 e. The number of likely N-dealkylation sites (N-methyl/N-ethyl adjacent to an activating group) is 1. The lowest BCUT2D eigenvalue weighted by atomic mass is 10.1. The van der Waals surface area contributed by atoms with Gasteiger partial charge in [0.2, 0.25) is 0 Å². The van der Waals surface area contributed by atoms with E-state index in [1.54, 1.807) is 19.2 Å². The molecular weight excluding hydrogens is 326 g/mol. The van der Waals surface area contributed by atoms with E-state index in [2.05, 4.69) is 10.2 Å². The summed E-state index contributed by atoms with van der Waals surface area (Å²) >= 11 is 5.70. The Labute approximate surface area is 150 Å². The Morgan fingerprint density at radius 3 is 2.62 bits per heavy atom. The topological polar surface area (TPSA) is 44.8 Å². The van der Waals surface area contributed by atoms with Gasteiger partial charge >= 0.3 is 0 Å². The monoisotopic (exact) mass is 353 g/mol. The van der Waals surface area contributed by atoms with Crippen LogP contribution in [0.15, 0.2) is 24.3 Å². The number of nitrogens with zero attached hydrogens (tertiary/aromatic N) is 2. The molecule has 0 radical (unpaired) electrons. The Morgan fingerprint density at radius 2 is 1.96 bits per heavy atom. The van der Waals surface area contributed by atoms with Gasteiger partial charge in [0.1, 0.15) is 5.75 Å². The van der Waals surface area contributed by atoms with Crippen molar-refractivity contribution in [1.29, 1.82) is 0 Å². The van der Waals surface area contributed by atoms with Crippen LogP contribution in [0.2, 0.25) is 0 Å². The van der Waals surface area contributed by atoms with Gasteiger partial charge in [-0.1, -0.05) is 6.42 Å². The molecule has 24 heavy (non-hydrogen) atoms. The van der Waals surface area contributed by atoms with Crippen molar-refractivity contribution in [3.8, 4) is 5.75 Å². The predicted octanol–water partition coefficient (Wildman–Crippen LogP) is 2.76. The van der Waals surface area contributed by atoms with E-state index in [1.807, 2.05) is 12.1 Å². The highest BCUT2D eigenvalue weighted by Crippen LogP contribution is 2.13. The lowest BCUT2D eigenvalue weighted by molar-refractivity contribution is 0.0952. The normalized spacial score (nSPS) is 15.5. The van der Waals surface area contributed by atoms with Crippen LogP contribution in [-0.4, -0.2) is 61.6 Å². The maximum atomic E-state index is 12.0. The first kappa shape index (κ1) is 19.0. The molecule has 0 aromatic heterocycles. The van der Waals surface area contributed by atoms with Crippen LogP contribution < -0.4 is 10.1 Å². The fourth-order valence-corrected chi connectivity index (χ4v) is 2.87. The number of carbonyl (C=O) groups is 1. The van der Waals surface area contributed by atoms with Crippen molar-refractivity contribution >= 4 is 17.7 Å². The summed E-state index contributed by atoms with van der Waals surface area (Å²) in [5, 5.41) is 2.83. The molecule has 1 saturated heterocycles. The number of amides is 1. The summed E-state index contributed by atoms with van der Waals surface area (Å²) in [6.45, 7) is 5.39. The summed E-state index contributed by atoms with van der Waals surface area (Å²) in [7, 11) is 1.76. The zero-order valence-corrected chi connectivity index (χ0v) is 15.2. The van der Waals surface area contributed by atoms with E-state index in [0.717, 1.165) is 18.7 Å². The summed E-state index contributed by atoms with van der Waals surface area (Å²) in [6.07, 6.45) is 5.06. The van der Waals surface area contributed by atoms with E-state index in [1.165, 1.54) is 36.8 Å². The Kier molecular flexibility index (Phi) is 8.36. The van der Waals surface area contributed by atoms with Crippen LogP contribution in [-0.2, 0) is 0 Å². The van der Waals surface area contributed by atoms with Gasteiger partial charge in [0.05, 0.1) is 6.61 Å². The van der Waals surface area contributed by atoms with Gasteiger partial charge in [-0.25, -0.2) is 4.42 Å². The lowest BCUT2D eigenvalue weighted by Gasteiger charge is -2.26. The second-order valence-electron chi connectivity index (χ2n) is 6.21. The van der Waals surface area contributed by atoms with Gasteiger partial charge in [-0.3, -0.25) is 4.79 Å². The highest BCUT2D eigenvalue weighted by atomic mass is 35.5. The van der Waals surface area contributed by atoms with Gasteiger partial charge < -0.3 is 15.0 Å². The van der Waals surface area contributed by atoms with Gasteiger partial charge in [0.15, 0.2) is 0 Å². The van der Waals surface area contributed by atoms with E-state index < -0.39 is 0 Å². The zero-order chi connectivity index (χ0) is 17.2. The van der Waals surface area contributed by atoms with E-state index in [9.17, 15) is 4.79 Å². The first-order valence-corrected chi connectivity index (χ1v) is 9.09. The second kappa shape index (κ2) is 10.5. The minimum Gasteiger partial charge on any atom is -0.494 e. The van der Waals surface area contributed by atoms with Crippen molar-refractivity contribution in [1.82, 2.24) is 14.6 Å². The minimum absolute atomic E-state index is 0.0924. The summed E-state index contributed by atoms with van der Waals surface area (Å²) in [6, 6.07) is 7.28. The number of hydrogen-bond donors (Lipinski definition) is 1. The van der Waals surface area contributed by atoms with E-state index >= 15 is 0 Å². The van der Waals surface area contributed by atoms with Crippen LogP contribution in [0.4, 0.5) is 0 Å². The molecule has 134 valence electrons. The largest absolute Gasteiger partial charge is 0.494 e. The summed E-state index contributed by atoms with van der Waals surface area (Å²) in [5.74, 6) is 0.718. The van der Waals surface area contributed by atoms with Gasteiger partial charge in [-0.05, 0) is 68.4 Å². The molecule has 1 aromatic carbocycles. The van der Waals surface area contributed by atoms with E-state index in [4.69, 9.17) is 16.5 Å². The molecule has 1 N–H and O–H groups in total. The number of hydrogen-bond acceptors (Lipinski definition) is 4. The van der Waals surface area contributed by atoms with Crippen LogP contribution in [0.1, 0.15) is 36.0 Å². The third-order valence-corrected chi connectivity index (χ3v) is 4.33. The standard InChI is InChI=1S/C18H28ClN3O2/c1-21(19)14-10-20-18(23)16-6-8-17(9-7-16)24-15-5-13-22-11-3-2-4-12-22/h6-9H,2-5,10-15H2,1H3,(H,20,23). The molecule has 1 amide bonds. The zero-order valence-electron chi connectivity index (χ0n) is 14.5. The first-order valence-electron chi connectivity index (χ1n) is 8.75. The molecule has 0 unspecified atom stereocenters. The molecule has 0 saturated carbocycles. The van der Waals surface area contributed by atoms with Crippen LogP contribution >= 0.6 is 11.8 Å². The third-order valence-electron chi connectivity index (χ3n) is 4.16. The van der Waals surface area contributed by atoms with Crippen LogP contribution in [0.25, 0.3) is 0 Å². The maximum Gasteiger partial charge on any atom is 0.251 e. The number of carbonyl (C=O) groups excluding carboxylic acids is 1. The van der Waals surface area contributed by atoms with Crippen LogP contribution in [0, 0.1) is 0 Å². The Balaban J connectivity index is 1.64. The lowest BCUT2D eigenvalue weighted by Crippen LogP contribution is -2.31. The fourth-order valence-electron chi connectivity index (χ4n) is 2.79. The van der Waals surface area contributed by atoms with Crippen molar-refractivity contribution in [2.24, 2.45) is 0 Å². The number of nitrogens with one attached hydrogen (secondary N) is 1. The minimum atomic E-state index is -0.0924. The first-order chi connectivity index (χ1) is 11.6. The number of piperidine rings is 1. The average Bonchev–Trinajstić information content (AvgIpc) is 2.60. The average molecular weight is 354 g/mol. The summed E-state index contributed by atoms with van der Waals surface area (Å²) < 4.78 is 7.28. The van der Waals surface area contributed by atoms with Crippen molar-refractivity contribution < 1.29 is 9.53 Å². The molecule has 6 heteroatoms. The van der Waals surface area contributed by atoms with Gasteiger partial charge in [0.25, 0.3) is 5.91 Å². The van der Waals surface area contributed by atoms with E-state index in [-0.39, 0.29) is 5.91 Å². The molecule has 0 aliphatic carbocycles. The van der Waals surface area contributed by atoms with Gasteiger partial charge in [-0.2, -0.15) is 0 Å². The van der Waals surface area contributed by atoms with Crippen molar-refractivity contribution in [3.05, 3.63) is 29.8 Å². The third kappa shape index (κ3) is 7.07. The Morgan fingerprint density at radius 1 is 1.25 bits per heavy atom. The highest BCUT2D eigenvalue weighted by Gasteiger charge is 2.09. The summed E-state index contributed by atoms with van der Waals surface area (Å²) in [4.78, 5) is 14.5. The highest BCUT2D eigenvalue weighted by molar-refractivity contribution is 6.13. The number of benzene rings is 1. The van der Waals surface area contributed by atoms with E-state index in [0.29, 0.717) is 25.3 Å². The Bertz CT molecular complexity index is 488. The molecule has 1 aliphatic heterocycles. The molecule has 1 heterocycles. The van der Waals surface area contributed by atoms with Gasteiger partial charge in [0, 0.05) is 32.2 Å². The molecule has 2 rings (SSSR count). The molecule has 0 spiro atoms. The quantitative estimate of drug-likeness (QED) is 0.547. The fraction of sp³-hybridized carbons (Fsp3) is 0.611. The number of likely N-dealkylation sites (tertiary alicyclic amines) is 1. The number of ether oxygens (including phenoxy) is 1.